The Morgan fingerprint density at radius 2 is 2.10 bits per heavy atom. The van der Waals surface area contributed by atoms with Crippen LogP contribution in [0, 0.1) is 0 Å². The summed E-state index contributed by atoms with van der Waals surface area (Å²) in [4.78, 5) is 11.6. The minimum Gasteiger partial charge on any atom is -0.495 e. The van der Waals surface area contributed by atoms with Crippen molar-refractivity contribution in [3.63, 3.8) is 0 Å². The van der Waals surface area contributed by atoms with Crippen LogP contribution < -0.4 is 10.1 Å². The van der Waals surface area contributed by atoms with Crippen LogP contribution in [0.5, 0.6) is 5.75 Å². The first-order valence-corrected chi connectivity index (χ1v) is 8.64. The van der Waals surface area contributed by atoms with Crippen LogP contribution in [-0.4, -0.2) is 45.9 Å². The summed E-state index contributed by atoms with van der Waals surface area (Å²) in [6.45, 7) is 1.89. The first-order chi connectivity index (χ1) is 9.86. The van der Waals surface area contributed by atoms with Crippen LogP contribution >= 0.6 is 15.9 Å². The zero-order valence-corrected chi connectivity index (χ0v) is 14.6. The Kier molecular flexibility index (Phi) is 6.63. The number of rotatable bonds is 7. The van der Waals surface area contributed by atoms with Crippen LogP contribution in [0.3, 0.4) is 0 Å². The lowest BCUT2D eigenvalue weighted by Gasteiger charge is -2.22. The maximum Gasteiger partial charge on any atom is 0.247 e. The lowest BCUT2D eigenvalue weighted by Crippen LogP contribution is -2.40. The van der Waals surface area contributed by atoms with Gasteiger partial charge in [0, 0.05) is 18.1 Å². The zero-order chi connectivity index (χ0) is 16.0. The number of ether oxygens (including phenoxy) is 1. The molecule has 0 aromatic heterocycles. The SMILES string of the molecule is CCCN(CC(=O)NC)S(=O)(=O)c1cc(Br)ccc1OC. The van der Waals surface area contributed by atoms with Gasteiger partial charge in [0.2, 0.25) is 15.9 Å². The number of likely N-dealkylation sites (N-methyl/N-ethyl adjacent to an activating group) is 1. The average molecular weight is 379 g/mol. The van der Waals surface area contributed by atoms with Gasteiger partial charge >= 0.3 is 0 Å². The summed E-state index contributed by atoms with van der Waals surface area (Å²) in [5, 5.41) is 2.43. The number of nitrogens with zero attached hydrogens (tertiary/aromatic N) is 1. The molecule has 0 aliphatic carbocycles. The molecular formula is C13H19BrN2O4S. The number of hydrogen-bond donors (Lipinski definition) is 1. The summed E-state index contributed by atoms with van der Waals surface area (Å²) < 4.78 is 32.4. The summed E-state index contributed by atoms with van der Waals surface area (Å²) in [5.74, 6) is -0.114. The molecule has 0 saturated carbocycles. The molecular weight excluding hydrogens is 360 g/mol. The summed E-state index contributed by atoms with van der Waals surface area (Å²) in [6.07, 6.45) is 0.604. The number of methoxy groups -OCH3 is 1. The number of carbonyl (C=O) groups excluding carboxylic acids is 1. The van der Waals surface area contributed by atoms with Gasteiger partial charge in [0.15, 0.2) is 0 Å². The van der Waals surface area contributed by atoms with Crippen LogP contribution in [0.15, 0.2) is 27.6 Å². The van der Waals surface area contributed by atoms with E-state index in [1.165, 1.54) is 20.2 Å². The van der Waals surface area contributed by atoms with Gasteiger partial charge in [-0.3, -0.25) is 4.79 Å². The van der Waals surface area contributed by atoms with Gasteiger partial charge in [0.25, 0.3) is 0 Å². The van der Waals surface area contributed by atoms with Crippen molar-refractivity contribution in [2.45, 2.75) is 18.2 Å². The molecule has 0 bridgehead atoms. The van der Waals surface area contributed by atoms with Crippen molar-refractivity contribution in [1.82, 2.24) is 9.62 Å². The smallest absolute Gasteiger partial charge is 0.247 e. The van der Waals surface area contributed by atoms with Crippen molar-refractivity contribution in [2.75, 3.05) is 27.2 Å². The highest BCUT2D eigenvalue weighted by Gasteiger charge is 2.28. The first-order valence-electron chi connectivity index (χ1n) is 6.41. The molecule has 0 aliphatic rings. The van der Waals surface area contributed by atoms with E-state index in [9.17, 15) is 13.2 Å². The topological polar surface area (TPSA) is 75.7 Å². The Bertz CT molecular complexity index is 604. The van der Waals surface area contributed by atoms with E-state index < -0.39 is 10.0 Å². The third-order valence-corrected chi connectivity index (χ3v) is 5.17. The summed E-state index contributed by atoms with van der Waals surface area (Å²) in [7, 11) is -0.937. The molecule has 1 aromatic rings. The Labute approximate surface area is 133 Å². The predicted octanol–water partition coefficient (Wildman–Crippen LogP) is 1.60. The van der Waals surface area contributed by atoms with Crippen LogP contribution in [0.2, 0.25) is 0 Å². The standard InChI is InChI=1S/C13H19BrN2O4S/c1-4-7-16(9-13(17)15-2)21(18,19)12-8-10(14)5-6-11(12)20-3/h5-6,8H,4,7,9H2,1-3H3,(H,15,17). The maximum atomic E-state index is 12.8. The van der Waals surface area contributed by atoms with Gasteiger partial charge in [-0.1, -0.05) is 22.9 Å². The average Bonchev–Trinajstić information content (AvgIpc) is 2.46. The maximum absolute atomic E-state index is 12.8. The van der Waals surface area contributed by atoms with Gasteiger partial charge in [-0.2, -0.15) is 4.31 Å². The van der Waals surface area contributed by atoms with Crippen molar-refractivity contribution in [3.8, 4) is 5.75 Å². The van der Waals surface area contributed by atoms with E-state index in [1.54, 1.807) is 12.1 Å². The van der Waals surface area contributed by atoms with Crippen LogP contribution in [0.1, 0.15) is 13.3 Å². The highest BCUT2D eigenvalue weighted by Crippen LogP contribution is 2.29. The van der Waals surface area contributed by atoms with Crippen molar-refractivity contribution in [3.05, 3.63) is 22.7 Å². The van der Waals surface area contributed by atoms with Gasteiger partial charge in [0.1, 0.15) is 10.6 Å². The molecule has 6 nitrogen and oxygen atoms in total. The summed E-state index contributed by atoms with van der Waals surface area (Å²) >= 11 is 3.25. The van der Waals surface area contributed by atoms with Gasteiger partial charge < -0.3 is 10.1 Å². The lowest BCUT2D eigenvalue weighted by atomic mass is 10.3. The van der Waals surface area contributed by atoms with E-state index in [0.717, 1.165) is 4.31 Å². The third-order valence-electron chi connectivity index (χ3n) is 2.82. The van der Waals surface area contributed by atoms with E-state index >= 15 is 0 Å². The fourth-order valence-electron chi connectivity index (χ4n) is 1.76. The Balaban J connectivity index is 3.28. The van der Waals surface area contributed by atoms with Crippen LogP contribution in [-0.2, 0) is 14.8 Å². The number of halogens is 1. The molecule has 8 heteroatoms. The van der Waals surface area contributed by atoms with Gasteiger partial charge in [-0.15, -0.1) is 0 Å². The number of benzene rings is 1. The molecule has 0 fully saturated rings. The molecule has 1 amide bonds. The zero-order valence-electron chi connectivity index (χ0n) is 12.2. The molecule has 21 heavy (non-hydrogen) atoms. The molecule has 0 unspecified atom stereocenters. The van der Waals surface area contributed by atoms with Gasteiger partial charge in [-0.05, 0) is 24.6 Å². The Morgan fingerprint density at radius 1 is 1.43 bits per heavy atom. The second kappa shape index (κ2) is 7.77. The van der Waals surface area contributed by atoms with E-state index in [1.807, 2.05) is 6.92 Å². The molecule has 1 aromatic carbocycles. The summed E-state index contributed by atoms with van der Waals surface area (Å²) in [6, 6.07) is 4.74. The summed E-state index contributed by atoms with van der Waals surface area (Å²) in [5.41, 5.74) is 0. The van der Waals surface area contributed by atoms with E-state index in [2.05, 4.69) is 21.2 Å². The van der Waals surface area contributed by atoms with Crippen LogP contribution in [0.25, 0.3) is 0 Å². The van der Waals surface area contributed by atoms with Gasteiger partial charge in [0.05, 0.1) is 13.7 Å². The second-order valence-corrected chi connectivity index (χ2v) is 7.13. The largest absolute Gasteiger partial charge is 0.495 e. The van der Waals surface area contributed by atoms with Crippen LogP contribution in [0.4, 0.5) is 0 Å². The number of hydrogen-bond acceptors (Lipinski definition) is 4. The number of carbonyl (C=O) groups is 1. The van der Waals surface area contributed by atoms with Crippen molar-refractivity contribution in [2.24, 2.45) is 0 Å². The molecule has 1 rings (SSSR count). The molecule has 0 heterocycles. The van der Waals surface area contributed by atoms with Crippen molar-refractivity contribution in [1.29, 1.82) is 0 Å². The third kappa shape index (κ3) is 4.42. The molecule has 0 spiro atoms. The fourth-order valence-corrected chi connectivity index (χ4v) is 3.95. The molecule has 0 atom stereocenters. The predicted molar refractivity (Wildman–Crippen MR) is 83.8 cm³/mol. The Morgan fingerprint density at radius 3 is 2.62 bits per heavy atom. The first kappa shape index (κ1) is 17.9. The molecule has 118 valence electrons. The highest BCUT2D eigenvalue weighted by molar-refractivity contribution is 9.10. The van der Waals surface area contributed by atoms with Crippen molar-refractivity contribution >= 4 is 31.9 Å². The lowest BCUT2D eigenvalue weighted by molar-refractivity contribution is -0.120. The minimum absolute atomic E-state index is 0.0386. The number of sulfonamides is 1. The molecule has 0 aliphatic heterocycles. The normalized spacial score (nSPS) is 11.5. The molecule has 1 N–H and O–H groups in total. The number of nitrogens with one attached hydrogen (secondary N) is 1. The molecule has 0 saturated heterocycles. The monoisotopic (exact) mass is 378 g/mol. The fraction of sp³-hybridized carbons (Fsp3) is 0.462. The van der Waals surface area contributed by atoms with E-state index in [-0.39, 0.29) is 29.6 Å². The minimum atomic E-state index is -3.82. The highest BCUT2D eigenvalue weighted by atomic mass is 79.9. The van der Waals surface area contributed by atoms with Gasteiger partial charge in [-0.25, -0.2) is 8.42 Å². The second-order valence-electron chi connectivity index (χ2n) is 4.31. The van der Waals surface area contributed by atoms with Crippen molar-refractivity contribution < 1.29 is 17.9 Å². The van der Waals surface area contributed by atoms with E-state index in [4.69, 9.17) is 4.74 Å². The quantitative estimate of drug-likeness (QED) is 0.781. The Hall–Kier alpha value is -1.12. The number of amides is 1. The molecule has 0 radical (unpaired) electrons. The van der Waals surface area contributed by atoms with E-state index in [0.29, 0.717) is 10.9 Å².